The highest BCUT2D eigenvalue weighted by Gasteiger charge is 2.32. The highest BCUT2D eigenvalue weighted by molar-refractivity contribution is 5.81. The van der Waals surface area contributed by atoms with E-state index in [9.17, 15) is 4.79 Å². The standard InChI is InChI=1S/C15H28N2O/c1-11-3-5-13(6-4-11)14(18)10-17-8-7-12(2)9-15(17)16/h11-13,15H,3-10,16H2,1-2H3/p+1. The van der Waals surface area contributed by atoms with Crippen molar-refractivity contribution < 1.29 is 9.69 Å². The fourth-order valence-electron chi connectivity index (χ4n) is 3.50. The van der Waals surface area contributed by atoms with E-state index in [1.807, 2.05) is 0 Å². The number of rotatable bonds is 3. The van der Waals surface area contributed by atoms with Crippen LogP contribution in [0.4, 0.5) is 0 Å². The Morgan fingerprint density at radius 1 is 1.11 bits per heavy atom. The van der Waals surface area contributed by atoms with E-state index in [-0.39, 0.29) is 6.17 Å². The minimum Gasteiger partial charge on any atom is -0.314 e. The van der Waals surface area contributed by atoms with Gasteiger partial charge in [-0.25, -0.2) is 0 Å². The molecule has 0 amide bonds. The lowest BCUT2D eigenvalue weighted by atomic mass is 9.80. The average Bonchev–Trinajstić information content (AvgIpc) is 2.33. The average molecular weight is 253 g/mol. The minimum atomic E-state index is 0.181. The molecule has 1 saturated carbocycles. The summed E-state index contributed by atoms with van der Waals surface area (Å²) in [7, 11) is 0. The monoisotopic (exact) mass is 253 g/mol. The Hall–Kier alpha value is -0.410. The lowest BCUT2D eigenvalue weighted by Crippen LogP contribution is -3.19. The largest absolute Gasteiger partial charge is 0.314 e. The second-order valence-electron chi connectivity index (χ2n) is 6.74. The van der Waals surface area contributed by atoms with Gasteiger partial charge in [-0.2, -0.15) is 0 Å². The van der Waals surface area contributed by atoms with Gasteiger partial charge in [-0.3, -0.25) is 10.5 Å². The summed E-state index contributed by atoms with van der Waals surface area (Å²) in [5.41, 5.74) is 6.18. The van der Waals surface area contributed by atoms with Crippen molar-refractivity contribution in [3.05, 3.63) is 0 Å². The van der Waals surface area contributed by atoms with Crippen LogP contribution in [0.15, 0.2) is 0 Å². The van der Waals surface area contributed by atoms with Crippen molar-refractivity contribution in [2.45, 2.75) is 58.5 Å². The number of likely N-dealkylation sites (tertiary alicyclic amines) is 1. The lowest BCUT2D eigenvalue weighted by Gasteiger charge is -2.34. The molecule has 3 N–H and O–H groups in total. The summed E-state index contributed by atoms with van der Waals surface area (Å²) in [4.78, 5) is 13.7. The SMILES string of the molecule is CC1CCC(C(=O)C[NH+]2CCC(C)CC2N)CC1. The van der Waals surface area contributed by atoms with Gasteiger partial charge in [0.1, 0.15) is 12.7 Å². The number of quaternary nitrogens is 1. The molecule has 0 spiro atoms. The van der Waals surface area contributed by atoms with Crippen LogP contribution in [0.2, 0.25) is 0 Å². The Kier molecular flexibility index (Phi) is 4.79. The number of hydrogen-bond donors (Lipinski definition) is 2. The molecule has 2 aliphatic rings. The first kappa shape index (κ1) is 14.0. The van der Waals surface area contributed by atoms with E-state index >= 15 is 0 Å². The summed E-state index contributed by atoms with van der Waals surface area (Å²) >= 11 is 0. The molecule has 3 unspecified atom stereocenters. The predicted molar refractivity (Wildman–Crippen MR) is 73.2 cm³/mol. The van der Waals surface area contributed by atoms with Crippen molar-refractivity contribution in [2.24, 2.45) is 23.5 Å². The summed E-state index contributed by atoms with van der Waals surface area (Å²) in [6.07, 6.45) is 7.16. The van der Waals surface area contributed by atoms with Gasteiger partial charge < -0.3 is 4.90 Å². The van der Waals surface area contributed by atoms with Gasteiger partial charge in [0, 0.05) is 12.3 Å². The molecule has 2 fully saturated rings. The van der Waals surface area contributed by atoms with Crippen LogP contribution >= 0.6 is 0 Å². The van der Waals surface area contributed by atoms with Gasteiger partial charge in [0.25, 0.3) is 0 Å². The third kappa shape index (κ3) is 3.55. The molecule has 0 bridgehead atoms. The van der Waals surface area contributed by atoms with E-state index in [4.69, 9.17) is 5.73 Å². The zero-order valence-electron chi connectivity index (χ0n) is 12.0. The molecule has 0 radical (unpaired) electrons. The van der Waals surface area contributed by atoms with Gasteiger partial charge in [0.15, 0.2) is 5.78 Å². The molecule has 0 aromatic carbocycles. The summed E-state index contributed by atoms with van der Waals surface area (Å²) in [5, 5.41) is 0. The van der Waals surface area contributed by atoms with Crippen molar-refractivity contribution in [3.8, 4) is 0 Å². The molecular formula is C15H29N2O+. The zero-order valence-corrected chi connectivity index (χ0v) is 12.0. The van der Waals surface area contributed by atoms with Crippen molar-refractivity contribution in [3.63, 3.8) is 0 Å². The summed E-state index contributed by atoms with van der Waals surface area (Å²) < 4.78 is 0. The van der Waals surface area contributed by atoms with Crippen LogP contribution in [0, 0.1) is 17.8 Å². The Bertz CT molecular complexity index is 284. The van der Waals surface area contributed by atoms with Gasteiger partial charge in [-0.15, -0.1) is 0 Å². The van der Waals surface area contributed by atoms with Crippen LogP contribution in [0.1, 0.15) is 52.4 Å². The van der Waals surface area contributed by atoms with E-state index in [1.54, 1.807) is 0 Å². The highest BCUT2D eigenvalue weighted by atomic mass is 16.1. The van der Waals surface area contributed by atoms with Crippen molar-refractivity contribution in [1.29, 1.82) is 0 Å². The molecule has 1 heterocycles. The van der Waals surface area contributed by atoms with Gasteiger partial charge >= 0.3 is 0 Å². The maximum Gasteiger partial charge on any atom is 0.189 e. The Morgan fingerprint density at radius 3 is 2.39 bits per heavy atom. The number of ketones is 1. The first-order valence-electron chi connectivity index (χ1n) is 7.69. The Morgan fingerprint density at radius 2 is 1.78 bits per heavy atom. The number of hydrogen-bond acceptors (Lipinski definition) is 2. The predicted octanol–water partition coefficient (Wildman–Crippen LogP) is 0.981. The van der Waals surface area contributed by atoms with Gasteiger partial charge in [0.05, 0.1) is 6.54 Å². The van der Waals surface area contributed by atoms with Crippen LogP contribution in [-0.2, 0) is 4.79 Å². The van der Waals surface area contributed by atoms with Crippen LogP contribution < -0.4 is 10.6 Å². The number of carbonyl (C=O) groups excluding carboxylic acids is 1. The number of piperidine rings is 1. The maximum absolute atomic E-state index is 12.3. The van der Waals surface area contributed by atoms with E-state index in [1.165, 1.54) is 24.2 Å². The highest BCUT2D eigenvalue weighted by Crippen LogP contribution is 2.28. The minimum absolute atomic E-state index is 0.181. The molecule has 1 aliphatic carbocycles. The molecule has 1 saturated heterocycles. The quantitative estimate of drug-likeness (QED) is 0.788. The first-order valence-corrected chi connectivity index (χ1v) is 7.69. The molecule has 104 valence electrons. The molecular weight excluding hydrogens is 224 g/mol. The third-order valence-corrected chi connectivity index (χ3v) is 5.01. The van der Waals surface area contributed by atoms with Crippen molar-refractivity contribution >= 4 is 5.78 Å². The molecule has 2 rings (SSSR count). The number of Topliss-reactive ketones (excluding diaryl/α,β-unsaturated/α-hetero) is 1. The van der Waals surface area contributed by atoms with E-state index in [0.29, 0.717) is 18.2 Å². The molecule has 1 aliphatic heterocycles. The normalized spacial score (nSPS) is 41.6. The second kappa shape index (κ2) is 6.16. The topological polar surface area (TPSA) is 47.5 Å². The first-order chi connectivity index (χ1) is 8.56. The van der Waals surface area contributed by atoms with Crippen molar-refractivity contribution in [1.82, 2.24) is 0 Å². The fourth-order valence-corrected chi connectivity index (χ4v) is 3.50. The smallest absolute Gasteiger partial charge is 0.189 e. The Balaban J connectivity index is 1.80. The maximum atomic E-state index is 12.3. The Labute approximate surface area is 111 Å². The summed E-state index contributed by atoms with van der Waals surface area (Å²) in [6.45, 7) is 6.32. The van der Waals surface area contributed by atoms with Gasteiger partial charge in [-0.05, 0) is 31.1 Å². The van der Waals surface area contributed by atoms with Crippen LogP contribution in [0.3, 0.4) is 0 Å². The molecule has 0 aromatic heterocycles. The molecule has 18 heavy (non-hydrogen) atoms. The fraction of sp³-hybridized carbons (Fsp3) is 0.933. The molecule has 3 heteroatoms. The van der Waals surface area contributed by atoms with Crippen LogP contribution in [0.5, 0.6) is 0 Å². The van der Waals surface area contributed by atoms with Gasteiger partial charge in [0.2, 0.25) is 0 Å². The second-order valence-corrected chi connectivity index (χ2v) is 6.74. The van der Waals surface area contributed by atoms with E-state index in [0.717, 1.165) is 37.6 Å². The van der Waals surface area contributed by atoms with Crippen LogP contribution in [0.25, 0.3) is 0 Å². The summed E-state index contributed by atoms with van der Waals surface area (Å²) in [6, 6.07) is 0. The van der Waals surface area contributed by atoms with Gasteiger partial charge in [-0.1, -0.05) is 26.7 Å². The molecule has 3 nitrogen and oxygen atoms in total. The van der Waals surface area contributed by atoms with Crippen molar-refractivity contribution in [2.75, 3.05) is 13.1 Å². The number of nitrogens with one attached hydrogen (secondary N) is 1. The number of carbonyl (C=O) groups is 1. The van der Waals surface area contributed by atoms with E-state index < -0.39 is 0 Å². The lowest BCUT2D eigenvalue weighted by molar-refractivity contribution is -0.924. The number of nitrogens with two attached hydrogens (primary N) is 1. The zero-order chi connectivity index (χ0) is 13.1. The molecule has 0 aromatic rings. The summed E-state index contributed by atoms with van der Waals surface area (Å²) in [5.74, 6) is 2.36. The van der Waals surface area contributed by atoms with Crippen LogP contribution in [-0.4, -0.2) is 25.0 Å². The third-order valence-electron chi connectivity index (χ3n) is 5.01. The van der Waals surface area contributed by atoms with E-state index in [2.05, 4.69) is 13.8 Å². The molecule has 3 atom stereocenters.